The van der Waals surface area contributed by atoms with Crippen LogP contribution in [0.1, 0.15) is 29.7 Å². The standard InChI is InChI=1S/C22H25F3N6O5S/c1-34-11-14(36-17-10-28-29-19(32)18(17)22(23,24)25)12-35-16-4-7-31(20(16)33)13-2-5-30(6-3-13)21-27-9-15(8-26)37-21/h9-10,13-14,16H,2-7,11-12H2,1H3,(H,29,32)/t14-,16+/m0/s1. The van der Waals surface area contributed by atoms with Crippen molar-refractivity contribution in [2.45, 2.75) is 43.7 Å². The zero-order chi connectivity index (χ0) is 26.6. The minimum Gasteiger partial charge on any atom is -0.483 e. The molecule has 2 atom stereocenters. The van der Waals surface area contributed by atoms with Crippen molar-refractivity contribution in [2.75, 3.05) is 44.9 Å². The number of nitriles is 1. The monoisotopic (exact) mass is 542 g/mol. The lowest BCUT2D eigenvalue weighted by molar-refractivity contribution is -0.142. The zero-order valence-corrected chi connectivity index (χ0v) is 20.7. The Bertz CT molecular complexity index is 1190. The van der Waals surface area contributed by atoms with Crippen LogP contribution in [-0.2, 0) is 20.4 Å². The van der Waals surface area contributed by atoms with E-state index in [0.717, 1.165) is 24.2 Å². The third-order valence-corrected chi connectivity index (χ3v) is 7.17. The summed E-state index contributed by atoms with van der Waals surface area (Å²) in [4.78, 5) is 33.4. The summed E-state index contributed by atoms with van der Waals surface area (Å²) < 4.78 is 56.2. The lowest BCUT2D eigenvalue weighted by Crippen LogP contribution is -2.47. The number of nitrogens with one attached hydrogen (secondary N) is 1. The maximum atomic E-state index is 13.3. The van der Waals surface area contributed by atoms with Crippen LogP contribution in [0.25, 0.3) is 0 Å². The van der Waals surface area contributed by atoms with E-state index < -0.39 is 35.3 Å². The van der Waals surface area contributed by atoms with Gasteiger partial charge in [0.2, 0.25) is 0 Å². The number of hydrogen-bond donors (Lipinski definition) is 1. The molecule has 37 heavy (non-hydrogen) atoms. The van der Waals surface area contributed by atoms with E-state index in [2.05, 4.69) is 21.1 Å². The molecule has 2 aliphatic rings. The number of alkyl halides is 3. The van der Waals surface area contributed by atoms with Crippen molar-refractivity contribution in [2.24, 2.45) is 0 Å². The lowest BCUT2D eigenvalue weighted by Gasteiger charge is -2.36. The van der Waals surface area contributed by atoms with Crippen LogP contribution < -0.4 is 15.2 Å². The first-order valence-electron chi connectivity index (χ1n) is 11.5. The van der Waals surface area contributed by atoms with Gasteiger partial charge in [0.25, 0.3) is 11.5 Å². The van der Waals surface area contributed by atoms with Crippen molar-refractivity contribution in [3.05, 3.63) is 33.2 Å². The Hall–Kier alpha value is -3.22. The van der Waals surface area contributed by atoms with Crippen LogP contribution in [0.2, 0.25) is 0 Å². The molecule has 0 bridgehead atoms. The fraction of sp³-hybridized carbons (Fsp3) is 0.591. The smallest absolute Gasteiger partial charge is 0.425 e. The molecular weight excluding hydrogens is 517 g/mol. The number of halogens is 3. The number of aromatic amines is 1. The Kier molecular flexibility index (Phi) is 8.30. The first kappa shape index (κ1) is 26.8. The maximum Gasteiger partial charge on any atom is 0.425 e. The van der Waals surface area contributed by atoms with Crippen molar-refractivity contribution in [1.29, 1.82) is 5.26 Å². The summed E-state index contributed by atoms with van der Waals surface area (Å²) in [6.45, 7) is 1.57. The van der Waals surface area contributed by atoms with Gasteiger partial charge in [-0.05, 0) is 12.8 Å². The van der Waals surface area contributed by atoms with Gasteiger partial charge in [0.1, 0.15) is 23.2 Å². The molecule has 0 radical (unpaired) electrons. The van der Waals surface area contributed by atoms with E-state index in [1.54, 1.807) is 16.2 Å². The Morgan fingerprint density at radius 3 is 2.62 bits per heavy atom. The number of thiazole rings is 1. The number of H-pyrrole nitrogens is 1. The number of ether oxygens (including phenoxy) is 3. The molecule has 0 unspecified atom stereocenters. The zero-order valence-electron chi connectivity index (χ0n) is 19.9. The molecule has 2 fully saturated rings. The molecule has 200 valence electrons. The van der Waals surface area contributed by atoms with Crippen molar-refractivity contribution < 1.29 is 32.2 Å². The second-order valence-corrected chi connectivity index (χ2v) is 9.62. The van der Waals surface area contributed by atoms with E-state index in [1.807, 2.05) is 0 Å². The number of rotatable bonds is 9. The molecule has 0 aliphatic carbocycles. The summed E-state index contributed by atoms with van der Waals surface area (Å²) in [5.41, 5.74) is -2.92. The molecule has 11 nitrogen and oxygen atoms in total. The number of piperidine rings is 1. The SMILES string of the molecule is COC[C@@H](CO[C@@H]1CCN(C2CCN(c3ncc(C#N)s3)CC2)C1=O)Oc1cn[nH]c(=O)c1C(F)(F)F. The van der Waals surface area contributed by atoms with Crippen LogP contribution in [0.15, 0.2) is 17.2 Å². The number of likely N-dealkylation sites (tertiary alicyclic amines) is 1. The molecule has 0 spiro atoms. The molecule has 2 aliphatic heterocycles. The minimum absolute atomic E-state index is 0.0373. The van der Waals surface area contributed by atoms with Gasteiger partial charge in [0, 0.05) is 39.2 Å². The second kappa shape index (κ2) is 11.4. The van der Waals surface area contributed by atoms with Crippen LogP contribution >= 0.6 is 11.3 Å². The van der Waals surface area contributed by atoms with E-state index in [9.17, 15) is 22.8 Å². The number of methoxy groups -OCH3 is 1. The van der Waals surface area contributed by atoms with Gasteiger partial charge in [-0.15, -0.1) is 0 Å². The molecule has 0 saturated carbocycles. The Labute approximate surface area is 213 Å². The number of amides is 1. The van der Waals surface area contributed by atoms with Gasteiger partial charge in [-0.3, -0.25) is 9.59 Å². The molecule has 2 aromatic heterocycles. The third-order valence-electron chi connectivity index (χ3n) is 6.20. The topological polar surface area (TPSA) is 134 Å². The fourth-order valence-electron chi connectivity index (χ4n) is 4.47. The molecule has 4 rings (SSSR count). The first-order valence-corrected chi connectivity index (χ1v) is 12.4. The lowest BCUT2D eigenvalue weighted by atomic mass is 10.0. The largest absolute Gasteiger partial charge is 0.483 e. The summed E-state index contributed by atoms with van der Waals surface area (Å²) in [6, 6.07) is 2.12. The van der Waals surface area contributed by atoms with Crippen molar-refractivity contribution >= 4 is 22.4 Å². The fourth-order valence-corrected chi connectivity index (χ4v) is 5.23. The summed E-state index contributed by atoms with van der Waals surface area (Å²) in [7, 11) is 1.35. The molecule has 0 aromatic carbocycles. The number of carbonyl (C=O) groups excluding carboxylic acids is 1. The molecule has 15 heteroatoms. The van der Waals surface area contributed by atoms with Crippen LogP contribution in [0.3, 0.4) is 0 Å². The predicted molar refractivity (Wildman–Crippen MR) is 124 cm³/mol. The third kappa shape index (κ3) is 6.20. The Morgan fingerprint density at radius 1 is 1.22 bits per heavy atom. The Morgan fingerprint density at radius 2 is 1.97 bits per heavy atom. The van der Waals surface area contributed by atoms with E-state index >= 15 is 0 Å². The summed E-state index contributed by atoms with van der Waals surface area (Å²) in [6.07, 6.45) is -2.45. The highest BCUT2D eigenvalue weighted by molar-refractivity contribution is 7.16. The van der Waals surface area contributed by atoms with Crippen molar-refractivity contribution in [3.63, 3.8) is 0 Å². The molecule has 2 saturated heterocycles. The number of anilines is 1. The van der Waals surface area contributed by atoms with E-state index in [1.165, 1.54) is 18.4 Å². The first-order chi connectivity index (χ1) is 17.7. The predicted octanol–water partition coefficient (Wildman–Crippen LogP) is 1.80. The molecular formula is C22H25F3N6O5S. The Balaban J connectivity index is 1.32. The summed E-state index contributed by atoms with van der Waals surface area (Å²) in [5.74, 6) is -0.917. The van der Waals surface area contributed by atoms with E-state index in [0.29, 0.717) is 30.9 Å². The van der Waals surface area contributed by atoms with Crippen LogP contribution in [0, 0.1) is 11.3 Å². The quantitative estimate of drug-likeness (QED) is 0.503. The van der Waals surface area contributed by atoms with Crippen LogP contribution in [0.5, 0.6) is 5.75 Å². The van der Waals surface area contributed by atoms with Gasteiger partial charge >= 0.3 is 6.18 Å². The van der Waals surface area contributed by atoms with Gasteiger partial charge in [0.15, 0.2) is 16.4 Å². The maximum absolute atomic E-state index is 13.3. The van der Waals surface area contributed by atoms with Gasteiger partial charge < -0.3 is 24.0 Å². The molecule has 2 aromatic rings. The highest BCUT2D eigenvalue weighted by Gasteiger charge is 2.40. The average molecular weight is 543 g/mol. The average Bonchev–Trinajstić information content (AvgIpc) is 3.49. The second-order valence-electron chi connectivity index (χ2n) is 8.61. The molecule has 4 heterocycles. The van der Waals surface area contributed by atoms with E-state index in [4.69, 9.17) is 19.5 Å². The number of aromatic nitrogens is 3. The number of carbonyl (C=O) groups is 1. The van der Waals surface area contributed by atoms with Gasteiger partial charge in [0.05, 0.1) is 25.6 Å². The summed E-state index contributed by atoms with van der Waals surface area (Å²) in [5, 5.41) is 14.9. The van der Waals surface area contributed by atoms with Gasteiger partial charge in [-0.1, -0.05) is 11.3 Å². The minimum atomic E-state index is -4.95. The van der Waals surface area contributed by atoms with Crippen LogP contribution in [0.4, 0.5) is 18.3 Å². The van der Waals surface area contributed by atoms with Crippen LogP contribution in [-0.4, -0.2) is 84.2 Å². The normalized spacial score (nSPS) is 19.8. The van der Waals surface area contributed by atoms with Gasteiger partial charge in [-0.25, -0.2) is 10.1 Å². The highest BCUT2D eigenvalue weighted by Crippen LogP contribution is 2.33. The number of nitrogens with zero attached hydrogens (tertiary/aromatic N) is 5. The molecule has 1 N–H and O–H groups in total. The van der Waals surface area contributed by atoms with E-state index in [-0.39, 0.29) is 25.2 Å². The van der Waals surface area contributed by atoms with Crippen molar-refractivity contribution in [3.8, 4) is 11.8 Å². The highest BCUT2D eigenvalue weighted by atomic mass is 32.1. The number of hydrogen-bond acceptors (Lipinski definition) is 10. The summed E-state index contributed by atoms with van der Waals surface area (Å²) >= 11 is 1.34. The van der Waals surface area contributed by atoms with Crippen molar-refractivity contribution in [1.82, 2.24) is 20.1 Å². The van der Waals surface area contributed by atoms with Gasteiger partial charge in [-0.2, -0.15) is 23.5 Å². The molecule has 1 amide bonds.